The number of benzene rings is 1. The van der Waals surface area contributed by atoms with Gasteiger partial charge in [0.2, 0.25) is 0 Å². The summed E-state index contributed by atoms with van der Waals surface area (Å²) in [5.74, 6) is 5.35. The van der Waals surface area contributed by atoms with E-state index in [9.17, 15) is 0 Å². The molecule has 1 aromatic heterocycles. The molecule has 0 aliphatic heterocycles. The molecule has 0 unspecified atom stereocenters. The van der Waals surface area contributed by atoms with Crippen LogP contribution in [0.5, 0.6) is 5.75 Å². The first kappa shape index (κ1) is 31.0. The SMILES string of the molecule is CCCCCCC[C@H]1CC[C@H](CCc2cnc(-c3ccc(OCC4CCC(CCCCC)CC4)cc3)nc2)CC1. The number of hydrogen-bond acceptors (Lipinski definition) is 3. The maximum atomic E-state index is 6.18. The van der Waals surface area contributed by atoms with E-state index in [1.54, 1.807) is 0 Å². The smallest absolute Gasteiger partial charge is 0.159 e. The van der Waals surface area contributed by atoms with Crippen molar-refractivity contribution in [2.75, 3.05) is 6.61 Å². The summed E-state index contributed by atoms with van der Waals surface area (Å²) < 4.78 is 6.18. The molecule has 2 aromatic rings. The van der Waals surface area contributed by atoms with Gasteiger partial charge in [-0.25, -0.2) is 9.97 Å². The highest BCUT2D eigenvalue weighted by molar-refractivity contribution is 5.55. The van der Waals surface area contributed by atoms with Crippen molar-refractivity contribution in [1.82, 2.24) is 9.97 Å². The summed E-state index contributed by atoms with van der Waals surface area (Å²) >= 11 is 0. The van der Waals surface area contributed by atoms with Crippen LogP contribution in [0.2, 0.25) is 0 Å². The third-order valence-electron chi connectivity index (χ3n) is 10.0. The summed E-state index contributed by atoms with van der Waals surface area (Å²) in [4.78, 5) is 9.42. The van der Waals surface area contributed by atoms with Crippen molar-refractivity contribution in [2.24, 2.45) is 23.7 Å². The average molecular weight is 547 g/mol. The molecule has 0 amide bonds. The fourth-order valence-electron chi connectivity index (χ4n) is 7.13. The van der Waals surface area contributed by atoms with E-state index in [1.165, 1.54) is 128 Å². The maximum Gasteiger partial charge on any atom is 0.159 e. The molecule has 40 heavy (non-hydrogen) atoms. The van der Waals surface area contributed by atoms with Gasteiger partial charge in [-0.2, -0.15) is 0 Å². The van der Waals surface area contributed by atoms with Crippen LogP contribution in [0.1, 0.15) is 141 Å². The normalized spacial score (nSPS) is 23.2. The molecule has 1 heterocycles. The Morgan fingerprint density at radius 1 is 0.600 bits per heavy atom. The molecular formula is C37H58N2O. The van der Waals surface area contributed by atoms with Gasteiger partial charge in [-0.1, -0.05) is 117 Å². The molecule has 2 saturated carbocycles. The van der Waals surface area contributed by atoms with Crippen LogP contribution in [0.3, 0.4) is 0 Å². The monoisotopic (exact) mass is 546 g/mol. The summed E-state index contributed by atoms with van der Waals surface area (Å²) in [5, 5.41) is 0. The molecule has 0 radical (unpaired) electrons. The molecule has 2 fully saturated rings. The zero-order chi connectivity index (χ0) is 27.8. The third-order valence-corrected chi connectivity index (χ3v) is 10.0. The van der Waals surface area contributed by atoms with Crippen LogP contribution in [0.15, 0.2) is 36.7 Å². The van der Waals surface area contributed by atoms with E-state index >= 15 is 0 Å². The Hall–Kier alpha value is -1.90. The van der Waals surface area contributed by atoms with Gasteiger partial charge in [0.05, 0.1) is 6.61 Å². The number of rotatable bonds is 17. The Balaban J connectivity index is 1.11. The van der Waals surface area contributed by atoms with Crippen LogP contribution in [0.25, 0.3) is 11.4 Å². The molecule has 222 valence electrons. The summed E-state index contributed by atoms with van der Waals surface area (Å²) in [6.07, 6.45) is 31.9. The Morgan fingerprint density at radius 2 is 1.10 bits per heavy atom. The molecular weight excluding hydrogens is 488 g/mol. The largest absolute Gasteiger partial charge is 0.493 e. The summed E-state index contributed by atoms with van der Waals surface area (Å²) in [5.41, 5.74) is 2.35. The van der Waals surface area contributed by atoms with Crippen molar-refractivity contribution in [3.05, 3.63) is 42.2 Å². The van der Waals surface area contributed by atoms with Crippen LogP contribution < -0.4 is 4.74 Å². The number of ether oxygens (including phenoxy) is 1. The van der Waals surface area contributed by atoms with Gasteiger partial charge in [0.1, 0.15) is 5.75 Å². The average Bonchev–Trinajstić information content (AvgIpc) is 3.01. The number of nitrogens with zero attached hydrogens (tertiary/aromatic N) is 2. The number of hydrogen-bond donors (Lipinski definition) is 0. The van der Waals surface area contributed by atoms with E-state index in [4.69, 9.17) is 14.7 Å². The van der Waals surface area contributed by atoms with Crippen molar-refractivity contribution >= 4 is 0 Å². The van der Waals surface area contributed by atoms with E-state index in [2.05, 4.69) is 38.1 Å². The third kappa shape index (κ3) is 10.8. The molecule has 2 aliphatic carbocycles. The minimum atomic E-state index is 0.716. The fraction of sp³-hybridized carbons (Fsp3) is 0.730. The lowest BCUT2D eigenvalue weighted by Gasteiger charge is -2.28. The number of aryl methyl sites for hydroxylation is 1. The van der Waals surface area contributed by atoms with Gasteiger partial charge in [0.25, 0.3) is 0 Å². The van der Waals surface area contributed by atoms with Crippen LogP contribution in [-0.4, -0.2) is 16.6 Å². The number of unbranched alkanes of at least 4 members (excludes halogenated alkanes) is 6. The van der Waals surface area contributed by atoms with E-state index in [0.29, 0.717) is 5.92 Å². The van der Waals surface area contributed by atoms with Crippen molar-refractivity contribution in [2.45, 2.75) is 142 Å². The molecule has 3 heteroatoms. The van der Waals surface area contributed by atoms with Crippen LogP contribution in [0, 0.1) is 23.7 Å². The molecule has 0 spiro atoms. The van der Waals surface area contributed by atoms with Gasteiger partial charge < -0.3 is 4.74 Å². The molecule has 0 N–H and O–H groups in total. The first-order valence-electron chi connectivity index (χ1n) is 17.3. The van der Waals surface area contributed by atoms with Gasteiger partial charge in [0.15, 0.2) is 5.82 Å². The zero-order valence-corrected chi connectivity index (χ0v) is 25.9. The second kappa shape index (κ2) is 17.8. The standard InChI is InChI=1S/C37H58N2O/c1-3-5-7-8-10-12-31-13-15-32(16-14-31)19-22-34-27-38-37(39-28-34)35-23-25-36(26-24-35)40-29-33-20-17-30(18-21-33)11-9-6-4-2/h23-28,30-33H,3-22,29H2,1-2H3/t30?,31-,32-,33?. The van der Waals surface area contributed by atoms with Gasteiger partial charge in [0, 0.05) is 18.0 Å². The highest BCUT2D eigenvalue weighted by Crippen LogP contribution is 2.35. The molecule has 0 atom stereocenters. The van der Waals surface area contributed by atoms with Gasteiger partial charge in [-0.05, 0) is 79.2 Å². The van der Waals surface area contributed by atoms with Gasteiger partial charge in [-0.3, -0.25) is 0 Å². The fourth-order valence-corrected chi connectivity index (χ4v) is 7.13. The van der Waals surface area contributed by atoms with Crippen molar-refractivity contribution in [3.8, 4) is 17.1 Å². The minimum absolute atomic E-state index is 0.716. The first-order valence-corrected chi connectivity index (χ1v) is 17.3. The van der Waals surface area contributed by atoms with Gasteiger partial charge >= 0.3 is 0 Å². The first-order chi connectivity index (χ1) is 19.7. The van der Waals surface area contributed by atoms with Crippen molar-refractivity contribution < 1.29 is 4.74 Å². The lowest BCUT2D eigenvalue weighted by atomic mass is 9.78. The molecule has 0 saturated heterocycles. The quantitative estimate of drug-likeness (QED) is 0.185. The molecule has 2 aliphatic rings. The van der Waals surface area contributed by atoms with E-state index in [-0.39, 0.29) is 0 Å². The Morgan fingerprint density at radius 3 is 1.70 bits per heavy atom. The van der Waals surface area contributed by atoms with Crippen LogP contribution in [0.4, 0.5) is 0 Å². The van der Waals surface area contributed by atoms with Crippen LogP contribution >= 0.6 is 0 Å². The lowest BCUT2D eigenvalue weighted by molar-refractivity contribution is 0.177. The van der Waals surface area contributed by atoms with E-state index < -0.39 is 0 Å². The zero-order valence-electron chi connectivity index (χ0n) is 25.9. The van der Waals surface area contributed by atoms with Crippen molar-refractivity contribution in [1.29, 1.82) is 0 Å². The second-order valence-electron chi connectivity index (χ2n) is 13.3. The minimum Gasteiger partial charge on any atom is -0.493 e. The molecule has 1 aromatic carbocycles. The predicted octanol–water partition coefficient (Wildman–Crippen LogP) is 11.0. The Kier molecular flexibility index (Phi) is 13.8. The van der Waals surface area contributed by atoms with E-state index in [1.807, 2.05) is 12.4 Å². The van der Waals surface area contributed by atoms with Crippen molar-refractivity contribution in [3.63, 3.8) is 0 Å². The predicted molar refractivity (Wildman–Crippen MR) is 170 cm³/mol. The second-order valence-corrected chi connectivity index (χ2v) is 13.3. The summed E-state index contributed by atoms with van der Waals surface area (Å²) in [6.45, 7) is 5.46. The maximum absolute atomic E-state index is 6.18. The number of aromatic nitrogens is 2. The Bertz CT molecular complexity index is 908. The molecule has 3 nitrogen and oxygen atoms in total. The van der Waals surface area contributed by atoms with Gasteiger partial charge in [-0.15, -0.1) is 0 Å². The Labute approximate surface area is 246 Å². The highest BCUT2D eigenvalue weighted by Gasteiger charge is 2.22. The summed E-state index contributed by atoms with van der Waals surface area (Å²) in [6, 6.07) is 8.39. The van der Waals surface area contributed by atoms with E-state index in [0.717, 1.165) is 47.9 Å². The lowest BCUT2D eigenvalue weighted by Crippen LogP contribution is -2.20. The summed E-state index contributed by atoms with van der Waals surface area (Å²) in [7, 11) is 0. The highest BCUT2D eigenvalue weighted by atomic mass is 16.5. The topological polar surface area (TPSA) is 35.0 Å². The molecule has 0 bridgehead atoms. The van der Waals surface area contributed by atoms with Crippen LogP contribution in [-0.2, 0) is 6.42 Å². The molecule has 4 rings (SSSR count).